The zero-order valence-corrected chi connectivity index (χ0v) is 15.9. The first-order valence-corrected chi connectivity index (χ1v) is 9.44. The molecule has 5 heteroatoms. The number of aliphatic hydroxyl groups excluding tert-OH is 1. The van der Waals surface area contributed by atoms with Gasteiger partial charge in [0.1, 0.15) is 0 Å². The van der Waals surface area contributed by atoms with Crippen LogP contribution >= 0.6 is 0 Å². The van der Waals surface area contributed by atoms with Gasteiger partial charge in [0, 0.05) is 32.2 Å². The maximum atomic E-state index is 12.0. The number of carbonyl (C=O) groups excluding carboxylic acids is 1. The summed E-state index contributed by atoms with van der Waals surface area (Å²) in [6, 6.07) is 0.00902. The average Bonchev–Trinajstić information content (AvgIpc) is 2.95. The second-order valence-electron chi connectivity index (χ2n) is 6.67. The number of amides is 1. The van der Waals surface area contributed by atoms with Crippen LogP contribution in [0.1, 0.15) is 58.8 Å². The summed E-state index contributed by atoms with van der Waals surface area (Å²) in [6.45, 7) is 4.49. The van der Waals surface area contributed by atoms with Gasteiger partial charge in [-0.3, -0.25) is 9.59 Å². The van der Waals surface area contributed by atoms with Crippen LogP contribution in [0.4, 0.5) is 0 Å². The quantitative estimate of drug-likeness (QED) is 0.356. The SMILES string of the molecule is CCC#CC[C@H](C)[C@H](O)C=CC1CCC(=O)N1CC=CCCCC(=O)O. The lowest BCUT2D eigenvalue weighted by atomic mass is 10.00. The lowest BCUT2D eigenvalue weighted by molar-refractivity contribution is -0.137. The van der Waals surface area contributed by atoms with Crippen molar-refractivity contribution in [3.05, 3.63) is 24.3 Å². The molecule has 0 radical (unpaired) electrons. The molecular weight excluding hydrogens is 330 g/mol. The van der Waals surface area contributed by atoms with Crippen LogP contribution in [0.2, 0.25) is 0 Å². The zero-order chi connectivity index (χ0) is 19.4. The number of hydrogen-bond donors (Lipinski definition) is 2. The Morgan fingerprint density at radius 3 is 2.85 bits per heavy atom. The van der Waals surface area contributed by atoms with Crippen molar-refractivity contribution in [2.75, 3.05) is 6.54 Å². The zero-order valence-electron chi connectivity index (χ0n) is 15.9. The molecule has 0 aromatic heterocycles. The molecule has 26 heavy (non-hydrogen) atoms. The van der Waals surface area contributed by atoms with Gasteiger partial charge in [0.2, 0.25) is 5.91 Å². The molecule has 144 valence electrons. The molecule has 0 aromatic rings. The second kappa shape index (κ2) is 12.3. The summed E-state index contributed by atoms with van der Waals surface area (Å²) in [7, 11) is 0. The van der Waals surface area contributed by atoms with Crippen molar-refractivity contribution >= 4 is 11.9 Å². The maximum Gasteiger partial charge on any atom is 0.303 e. The summed E-state index contributed by atoms with van der Waals surface area (Å²) in [4.78, 5) is 24.3. The van der Waals surface area contributed by atoms with Crippen molar-refractivity contribution in [3.63, 3.8) is 0 Å². The van der Waals surface area contributed by atoms with Gasteiger partial charge in [-0.25, -0.2) is 0 Å². The van der Waals surface area contributed by atoms with Crippen molar-refractivity contribution in [1.82, 2.24) is 4.90 Å². The van der Waals surface area contributed by atoms with Gasteiger partial charge in [-0.05, 0) is 25.2 Å². The number of carbonyl (C=O) groups is 2. The molecule has 1 fully saturated rings. The van der Waals surface area contributed by atoms with Crippen LogP contribution in [0.25, 0.3) is 0 Å². The average molecular weight is 361 g/mol. The van der Waals surface area contributed by atoms with E-state index < -0.39 is 12.1 Å². The lowest BCUT2D eigenvalue weighted by Gasteiger charge is -2.21. The number of likely N-dealkylation sites (tertiary alicyclic amines) is 1. The van der Waals surface area contributed by atoms with Gasteiger partial charge in [-0.15, -0.1) is 11.8 Å². The highest BCUT2D eigenvalue weighted by Gasteiger charge is 2.28. The Hall–Kier alpha value is -2.06. The number of nitrogens with zero attached hydrogens (tertiary/aromatic N) is 1. The number of hydrogen-bond acceptors (Lipinski definition) is 3. The number of allylic oxidation sites excluding steroid dienone is 1. The van der Waals surface area contributed by atoms with Gasteiger partial charge < -0.3 is 15.1 Å². The third-order valence-electron chi connectivity index (χ3n) is 4.44. The van der Waals surface area contributed by atoms with Crippen molar-refractivity contribution in [2.45, 2.75) is 70.9 Å². The predicted molar refractivity (Wildman–Crippen MR) is 102 cm³/mol. The van der Waals surface area contributed by atoms with E-state index in [1.54, 1.807) is 11.0 Å². The Labute approximate surface area is 156 Å². The van der Waals surface area contributed by atoms with Gasteiger partial charge in [-0.1, -0.05) is 38.2 Å². The van der Waals surface area contributed by atoms with E-state index in [9.17, 15) is 14.7 Å². The molecule has 0 saturated carbocycles. The maximum absolute atomic E-state index is 12.0. The molecule has 2 N–H and O–H groups in total. The fourth-order valence-corrected chi connectivity index (χ4v) is 2.78. The Kier molecular flexibility index (Phi) is 10.4. The third-order valence-corrected chi connectivity index (χ3v) is 4.44. The highest BCUT2D eigenvalue weighted by Crippen LogP contribution is 2.20. The van der Waals surface area contributed by atoms with Crippen molar-refractivity contribution < 1.29 is 19.8 Å². The van der Waals surface area contributed by atoms with E-state index in [4.69, 9.17) is 5.11 Å². The monoisotopic (exact) mass is 361 g/mol. The molecule has 0 aromatic carbocycles. The Bertz CT molecular complexity index is 570. The number of rotatable bonds is 10. The molecule has 3 atom stereocenters. The Balaban J connectivity index is 2.47. The summed E-state index contributed by atoms with van der Waals surface area (Å²) in [5.41, 5.74) is 0. The fourth-order valence-electron chi connectivity index (χ4n) is 2.78. The van der Waals surface area contributed by atoms with Crippen molar-refractivity contribution in [2.24, 2.45) is 5.92 Å². The molecule has 5 nitrogen and oxygen atoms in total. The highest BCUT2D eigenvalue weighted by molar-refractivity contribution is 5.79. The minimum Gasteiger partial charge on any atom is -0.481 e. The van der Waals surface area contributed by atoms with E-state index in [1.807, 2.05) is 32.1 Å². The molecule has 1 amide bonds. The molecule has 0 aliphatic carbocycles. The van der Waals surface area contributed by atoms with E-state index >= 15 is 0 Å². The molecule has 0 bridgehead atoms. The molecule has 1 aliphatic heterocycles. The molecular formula is C21H31NO4. The van der Waals surface area contributed by atoms with E-state index in [2.05, 4.69) is 11.8 Å². The minimum atomic E-state index is -0.785. The molecule has 0 spiro atoms. The summed E-state index contributed by atoms with van der Waals surface area (Å²) in [5.74, 6) is 5.46. The molecule has 1 rings (SSSR count). The van der Waals surface area contributed by atoms with E-state index in [0.717, 1.165) is 12.8 Å². The first kappa shape index (κ1) is 22.0. The standard InChI is InChI=1S/C21H31NO4/c1-3-4-7-10-17(2)19(23)14-12-18-13-15-20(24)22(18)16-9-6-5-8-11-21(25)26/h6,9,12,14,17-19,23H,3,5,8,10-11,13,15-16H2,1-2H3,(H,25,26)/t17-,18?,19+/m0/s1. The summed E-state index contributed by atoms with van der Waals surface area (Å²) in [6.07, 6.45) is 11.2. The van der Waals surface area contributed by atoms with Crippen LogP contribution in [0.15, 0.2) is 24.3 Å². The Morgan fingerprint density at radius 1 is 1.38 bits per heavy atom. The number of aliphatic carboxylic acids is 1. The van der Waals surface area contributed by atoms with Crippen LogP contribution in [0.3, 0.4) is 0 Å². The summed E-state index contributed by atoms with van der Waals surface area (Å²) < 4.78 is 0. The van der Waals surface area contributed by atoms with E-state index in [1.165, 1.54) is 0 Å². The molecule has 1 saturated heterocycles. The highest BCUT2D eigenvalue weighted by atomic mass is 16.4. The third kappa shape index (κ3) is 8.35. The van der Waals surface area contributed by atoms with Crippen LogP contribution in [-0.4, -0.2) is 45.7 Å². The van der Waals surface area contributed by atoms with Crippen LogP contribution in [-0.2, 0) is 9.59 Å². The van der Waals surface area contributed by atoms with E-state index in [-0.39, 0.29) is 24.3 Å². The van der Waals surface area contributed by atoms with Gasteiger partial charge in [0.25, 0.3) is 0 Å². The van der Waals surface area contributed by atoms with Gasteiger partial charge >= 0.3 is 5.97 Å². The molecule has 1 unspecified atom stereocenters. The number of unbranched alkanes of at least 4 members (excludes halogenated alkanes) is 1. The minimum absolute atomic E-state index is 0.00902. The van der Waals surface area contributed by atoms with Crippen LogP contribution in [0, 0.1) is 17.8 Å². The van der Waals surface area contributed by atoms with Crippen molar-refractivity contribution in [1.29, 1.82) is 0 Å². The van der Waals surface area contributed by atoms with Crippen LogP contribution in [0.5, 0.6) is 0 Å². The topological polar surface area (TPSA) is 77.8 Å². The number of carboxylic acids is 1. The molecule has 1 heterocycles. The van der Waals surface area contributed by atoms with Gasteiger partial charge in [0.15, 0.2) is 0 Å². The summed E-state index contributed by atoms with van der Waals surface area (Å²) in [5, 5.41) is 18.8. The number of aliphatic hydroxyl groups is 1. The lowest BCUT2D eigenvalue weighted by Crippen LogP contribution is -2.32. The number of carboxylic acid groups (broad SMARTS) is 1. The predicted octanol–water partition coefficient (Wildman–Crippen LogP) is 3.15. The largest absolute Gasteiger partial charge is 0.481 e. The normalized spacial score (nSPS) is 19.7. The van der Waals surface area contributed by atoms with E-state index in [0.29, 0.717) is 32.2 Å². The van der Waals surface area contributed by atoms with Crippen LogP contribution < -0.4 is 0 Å². The van der Waals surface area contributed by atoms with Crippen molar-refractivity contribution in [3.8, 4) is 11.8 Å². The Morgan fingerprint density at radius 2 is 2.15 bits per heavy atom. The first-order valence-electron chi connectivity index (χ1n) is 9.44. The smallest absolute Gasteiger partial charge is 0.303 e. The van der Waals surface area contributed by atoms with Gasteiger partial charge in [-0.2, -0.15) is 0 Å². The fraction of sp³-hybridized carbons (Fsp3) is 0.619. The van der Waals surface area contributed by atoms with Gasteiger partial charge in [0.05, 0.1) is 12.1 Å². The first-order chi connectivity index (χ1) is 12.5. The molecule has 1 aliphatic rings. The summed E-state index contributed by atoms with van der Waals surface area (Å²) >= 11 is 0. The second-order valence-corrected chi connectivity index (χ2v) is 6.67.